The molecule has 144 valence electrons. The molecule has 3 aromatic rings. The van der Waals surface area contributed by atoms with Crippen molar-refractivity contribution in [2.75, 3.05) is 20.7 Å². The Balaban J connectivity index is 1.43. The van der Waals surface area contributed by atoms with Gasteiger partial charge in [-0.25, -0.2) is 4.98 Å². The number of carbonyl (C=O) groups is 2. The molecule has 1 N–H and O–H groups in total. The number of likely N-dealkylation sites (N-methyl/N-ethyl adjacent to an activating group) is 1. The summed E-state index contributed by atoms with van der Waals surface area (Å²) < 4.78 is 6.83. The van der Waals surface area contributed by atoms with Gasteiger partial charge in [0.1, 0.15) is 16.5 Å². The zero-order valence-electron chi connectivity index (χ0n) is 15.5. The van der Waals surface area contributed by atoms with E-state index in [1.54, 1.807) is 36.0 Å². The number of nitrogens with one attached hydrogen (secondary N) is 1. The van der Waals surface area contributed by atoms with E-state index >= 15 is 0 Å². The summed E-state index contributed by atoms with van der Waals surface area (Å²) in [5.74, 6) is 0.336. The molecule has 0 unspecified atom stereocenters. The Labute approximate surface area is 165 Å². The molecular weight excluding hydrogens is 378 g/mol. The number of benzene rings is 1. The average molecular weight is 397 g/mol. The van der Waals surface area contributed by atoms with E-state index in [0.29, 0.717) is 25.3 Å². The second-order valence-corrected chi connectivity index (χ2v) is 7.53. The van der Waals surface area contributed by atoms with Crippen LogP contribution in [0, 0.1) is 0 Å². The van der Waals surface area contributed by atoms with Gasteiger partial charge in [-0.15, -0.1) is 11.3 Å². The molecule has 1 aromatic carbocycles. The number of nitrogens with zero attached hydrogens (tertiary/aromatic N) is 4. The Morgan fingerprint density at radius 1 is 1.32 bits per heavy atom. The van der Waals surface area contributed by atoms with Crippen molar-refractivity contribution in [3.05, 3.63) is 52.8 Å². The molecule has 4 rings (SSSR count). The standard InChI is InChI=1S/C19H19N5O3S/c1-23-6-7-24-16(19(23)26)9-15(22-24)17(25)20-10-14-11-21-18(28-14)12-4-3-5-13(8-12)27-2/h3-5,8-9,11H,6-7,10H2,1-2H3,(H,20,25). The summed E-state index contributed by atoms with van der Waals surface area (Å²) in [6.07, 6.45) is 1.75. The van der Waals surface area contributed by atoms with Gasteiger partial charge in [0.25, 0.3) is 11.8 Å². The molecule has 0 atom stereocenters. The van der Waals surface area contributed by atoms with Crippen LogP contribution in [0.4, 0.5) is 0 Å². The lowest BCUT2D eigenvalue weighted by Gasteiger charge is -2.22. The minimum Gasteiger partial charge on any atom is -0.497 e. The van der Waals surface area contributed by atoms with Crippen molar-refractivity contribution in [3.8, 4) is 16.3 Å². The van der Waals surface area contributed by atoms with Crippen LogP contribution < -0.4 is 10.1 Å². The first-order valence-corrected chi connectivity index (χ1v) is 9.57. The fourth-order valence-electron chi connectivity index (χ4n) is 2.95. The third-order valence-electron chi connectivity index (χ3n) is 4.52. The SMILES string of the molecule is COc1cccc(-c2ncc(CNC(=O)c3cc4n(n3)CCN(C)C4=O)s2)c1. The van der Waals surface area contributed by atoms with Crippen LogP contribution in [0.3, 0.4) is 0 Å². The summed E-state index contributed by atoms with van der Waals surface area (Å²) in [6, 6.07) is 9.22. The van der Waals surface area contributed by atoms with E-state index in [1.807, 2.05) is 24.3 Å². The molecule has 0 bridgehead atoms. The quantitative estimate of drug-likeness (QED) is 0.712. The second kappa shape index (κ2) is 7.43. The van der Waals surface area contributed by atoms with Crippen LogP contribution in [0.15, 0.2) is 36.5 Å². The number of thiazole rings is 1. The third kappa shape index (κ3) is 3.48. The lowest BCUT2D eigenvalue weighted by Crippen LogP contribution is -2.37. The molecular formula is C19H19N5O3S. The van der Waals surface area contributed by atoms with Gasteiger partial charge in [-0.1, -0.05) is 12.1 Å². The summed E-state index contributed by atoms with van der Waals surface area (Å²) in [5, 5.41) is 7.95. The van der Waals surface area contributed by atoms with Gasteiger partial charge >= 0.3 is 0 Å². The summed E-state index contributed by atoms with van der Waals surface area (Å²) in [6.45, 7) is 1.52. The lowest BCUT2D eigenvalue weighted by atomic mass is 10.2. The van der Waals surface area contributed by atoms with Crippen molar-refractivity contribution in [3.63, 3.8) is 0 Å². The minimum atomic E-state index is -0.311. The number of ether oxygens (including phenoxy) is 1. The van der Waals surface area contributed by atoms with Gasteiger partial charge in [-0.05, 0) is 12.1 Å². The Kier molecular flexibility index (Phi) is 4.82. The van der Waals surface area contributed by atoms with Gasteiger partial charge in [0.05, 0.1) is 20.2 Å². The molecule has 1 aliphatic rings. The highest BCUT2D eigenvalue weighted by atomic mass is 32.1. The summed E-state index contributed by atoms with van der Waals surface area (Å²) in [4.78, 5) is 31.5. The van der Waals surface area contributed by atoms with E-state index < -0.39 is 0 Å². The van der Waals surface area contributed by atoms with Crippen molar-refractivity contribution >= 4 is 23.2 Å². The highest BCUT2D eigenvalue weighted by Crippen LogP contribution is 2.27. The van der Waals surface area contributed by atoms with Crippen LogP contribution >= 0.6 is 11.3 Å². The third-order valence-corrected chi connectivity index (χ3v) is 5.57. The normalized spacial score (nSPS) is 13.4. The first-order valence-electron chi connectivity index (χ1n) is 8.76. The fraction of sp³-hybridized carbons (Fsp3) is 0.263. The second-order valence-electron chi connectivity index (χ2n) is 6.41. The highest BCUT2D eigenvalue weighted by molar-refractivity contribution is 7.15. The maximum atomic E-state index is 12.4. The van der Waals surface area contributed by atoms with Crippen molar-refractivity contribution in [1.29, 1.82) is 0 Å². The fourth-order valence-corrected chi connectivity index (χ4v) is 3.80. The van der Waals surface area contributed by atoms with Crippen molar-refractivity contribution in [2.45, 2.75) is 13.1 Å². The van der Waals surface area contributed by atoms with E-state index in [4.69, 9.17) is 4.74 Å². The summed E-state index contributed by atoms with van der Waals surface area (Å²) in [7, 11) is 3.36. The van der Waals surface area contributed by atoms with Gasteiger partial charge in [0.15, 0.2) is 5.69 Å². The molecule has 0 saturated heterocycles. The number of hydrogen-bond acceptors (Lipinski definition) is 6. The molecule has 0 fully saturated rings. The number of hydrogen-bond donors (Lipinski definition) is 1. The Hall–Kier alpha value is -3.20. The first-order chi connectivity index (χ1) is 13.5. The highest BCUT2D eigenvalue weighted by Gasteiger charge is 2.25. The largest absolute Gasteiger partial charge is 0.497 e. The van der Waals surface area contributed by atoms with Crippen LogP contribution in [0.25, 0.3) is 10.6 Å². The predicted molar refractivity (Wildman–Crippen MR) is 104 cm³/mol. The van der Waals surface area contributed by atoms with E-state index in [2.05, 4.69) is 15.4 Å². The minimum absolute atomic E-state index is 0.122. The van der Waals surface area contributed by atoms with Gasteiger partial charge in [-0.3, -0.25) is 14.3 Å². The van der Waals surface area contributed by atoms with Gasteiger partial charge < -0.3 is 15.0 Å². The molecule has 8 nitrogen and oxygen atoms in total. The maximum absolute atomic E-state index is 12.4. The molecule has 3 heterocycles. The van der Waals surface area contributed by atoms with Crippen molar-refractivity contribution in [1.82, 2.24) is 25.0 Å². The van der Waals surface area contributed by atoms with Gasteiger partial charge in [0.2, 0.25) is 0 Å². The zero-order valence-corrected chi connectivity index (χ0v) is 16.3. The first kappa shape index (κ1) is 18.2. The molecule has 9 heteroatoms. The Morgan fingerprint density at radius 3 is 3.00 bits per heavy atom. The van der Waals surface area contributed by atoms with E-state index in [-0.39, 0.29) is 17.5 Å². The maximum Gasteiger partial charge on any atom is 0.272 e. The molecule has 28 heavy (non-hydrogen) atoms. The summed E-state index contributed by atoms with van der Waals surface area (Å²) >= 11 is 1.50. The van der Waals surface area contributed by atoms with Crippen LogP contribution in [0.5, 0.6) is 5.75 Å². The van der Waals surface area contributed by atoms with Crippen LogP contribution in [-0.2, 0) is 13.1 Å². The Bertz CT molecular complexity index is 1040. The van der Waals surface area contributed by atoms with Crippen molar-refractivity contribution in [2.24, 2.45) is 0 Å². The summed E-state index contributed by atoms with van der Waals surface area (Å²) in [5.41, 5.74) is 1.65. The smallest absolute Gasteiger partial charge is 0.272 e. The topological polar surface area (TPSA) is 89.3 Å². The monoisotopic (exact) mass is 397 g/mol. The molecule has 0 radical (unpaired) electrons. The molecule has 1 aliphatic heterocycles. The Morgan fingerprint density at radius 2 is 2.18 bits per heavy atom. The number of carbonyl (C=O) groups excluding carboxylic acids is 2. The van der Waals surface area contributed by atoms with E-state index in [1.165, 1.54) is 11.3 Å². The van der Waals surface area contributed by atoms with E-state index in [0.717, 1.165) is 21.2 Å². The van der Waals surface area contributed by atoms with E-state index in [9.17, 15) is 9.59 Å². The average Bonchev–Trinajstić information content (AvgIpc) is 3.36. The molecule has 2 amide bonds. The number of fused-ring (bicyclic) bond motifs is 1. The number of methoxy groups -OCH3 is 1. The van der Waals surface area contributed by atoms with Crippen molar-refractivity contribution < 1.29 is 14.3 Å². The molecule has 2 aromatic heterocycles. The lowest BCUT2D eigenvalue weighted by molar-refractivity contribution is 0.0742. The van der Waals surface area contributed by atoms with Gasteiger partial charge in [0, 0.05) is 36.3 Å². The predicted octanol–water partition coefficient (Wildman–Crippen LogP) is 2.03. The van der Waals surface area contributed by atoms with Crippen LogP contribution in [0.2, 0.25) is 0 Å². The molecule has 0 aliphatic carbocycles. The molecule has 0 spiro atoms. The number of amides is 2. The van der Waals surface area contributed by atoms with Gasteiger partial charge in [-0.2, -0.15) is 5.10 Å². The van der Waals surface area contributed by atoms with Crippen LogP contribution in [0.1, 0.15) is 25.9 Å². The number of rotatable bonds is 5. The number of aromatic nitrogens is 3. The van der Waals surface area contributed by atoms with Crippen LogP contribution in [-0.4, -0.2) is 52.2 Å². The molecule has 0 saturated carbocycles. The zero-order chi connectivity index (χ0) is 19.7.